The summed E-state index contributed by atoms with van der Waals surface area (Å²) in [6.07, 6.45) is 3.74. The first-order valence-electron chi connectivity index (χ1n) is 9.21. The largest absolute Gasteiger partial charge is 0.383 e. The molecule has 29 heavy (non-hydrogen) atoms. The van der Waals surface area contributed by atoms with Gasteiger partial charge in [-0.2, -0.15) is 0 Å². The van der Waals surface area contributed by atoms with Crippen molar-refractivity contribution in [3.63, 3.8) is 0 Å². The summed E-state index contributed by atoms with van der Waals surface area (Å²) in [6.45, 7) is 0.331. The van der Waals surface area contributed by atoms with Gasteiger partial charge >= 0.3 is 0 Å². The minimum absolute atomic E-state index is 0.0176. The van der Waals surface area contributed by atoms with Crippen molar-refractivity contribution in [2.45, 2.75) is 11.3 Å². The van der Waals surface area contributed by atoms with Crippen molar-refractivity contribution < 1.29 is 8.42 Å². The molecular formula is C21H21N5O2S. The van der Waals surface area contributed by atoms with Crippen LogP contribution in [0.25, 0.3) is 27.8 Å². The van der Waals surface area contributed by atoms with Crippen LogP contribution < -0.4 is 11.5 Å². The molecule has 4 N–H and O–H groups in total. The summed E-state index contributed by atoms with van der Waals surface area (Å²) in [6, 6.07) is 16.6. The first-order valence-corrected chi connectivity index (χ1v) is 10.9. The van der Waals surface area contributed by atoms with Crippen molar-refractivity contribution in [1.82, 2.24) is 14.5 Å². The molecule has 4 aromatic rings. The highest BCUT2D eigenvalue weighted by Crippen LogP contribution is 2.34. The molecule has 2 aromatic heterocycles. The van der Waals surface area contributed by atoms with E-state index in [0.29, 0.717) is 30.1 Å². The summed E-state index contributed by atoms with van der Waals surface area (Å²) < 4.78 is 27.1. The fourth-order valence-corrected chi connectivity index (χ4v) is 4.71. The molecule has 8 heteroatoms. The molecule has 2 aromatic carbocycles. The molecule has 2 heterocycles. The molecule has 0 atom stereocenters. The second kappa shape index (κ2) is 7.65. The van der Waals surface area contributed by atoms with E-state index in [-0.39, 0.29) is 10.6 Å². The van der Waals surface area contributed by atoms with E-state index >= 15 is 0 Å². The maximum Gasteiger partial charge on any atom is 0.178 e. The number of benzene rings is 2. The number of hydrogen-bond donors (Lipinski definition) is 2. The summed E-state index contributed by atoms with van der Waals surface area (Å²) in [5.74, 6) is 0.392. The molecule has 0 saturated carbocycles. The van der Waals surface area contributed by atoms with Crippen LogP contribution in [0.5, 0.6) is 0 Å². The number of nitrogens with two attached hydrogens (primary N) is 2. The van der Waals surface area contributed by atoms with Gasteiger partial charge in [-0.1, -0.05) is 36.4 Å². The highest BCUT2D eigenvalue weighted by atomic mass is 32.2. The number of sulfone groups is 1. The van der Waals surface area contributed by atoms with Crippen molar-refractivity contribution in [1.29, 1.82) is 0 Å². The lowest BCUT2D eigenvalue weighted by Gasteiger charge is -2.08. The Bertz CT molecular complexity index is 1270. The molecule has 0 amide bonds. The van der Waals surface area contributed by atoms with Crippen LogP contribution in [0.15, 0.2) is 72.0 Å². The average Bonchev–Trinajstić information content (AvgIpc) is 3.14. The van der Waals surface area contributed by atoms with E-state index in [9.17, 15) is 8.42 Å². The molecule has 0 unspecified atom stereocenters. The summed E-state index contributed by atoms with van der Waals surface area (Å²) in [5.41, 5.74) is 14.8. The molecule has 4 rings (SSSR count). The Morgan fingerprint density at radius 2 is 1.79 bits per heavy atom. The molecule has 0 saturated heterocycles. The molecule has 0 spiro atoms. The standard InChI is InChI=1S/C21H21N5O2S/c22-10-5-11-29(27,28)17-9-4-8-16(12-17)26-13-18(15-6-2-1-3-7-15)19-20(23)24-14-25-21(19)26/h1-4,6-9,12-14H,5,10-11,22H2,(H2,23,24,25). The molecule has 0 aliphatic carbocycles. The Kier molecular flexibility index (Phi) is 5.04. The molecule has 148 valence electrons. The van der Waals surface area contributed by atoms with Crippen LogP contribution in [0, 0.1) is 0 Å². The Balaban J connectivity index is 1.90. The van der Waals surface area contributed by atoms with E-state index in [0.717, 1.165) is 16.5 Å². The molecular weight excluding hydrogens is 386 g/mol. The third-order valence-electron chi connectivity index (χ3n) is 4.77. The van der Waals surface area contributed by atoms with Crippen molar-refractivity contribution in [3.05, 3.63) is 67.1 Å². The van der Waals surface area contributed by atoms with Gasteiger partial charge in [-0.15, -0.1) is 0 Å². The topological polar surface area (TPSA) is 117 Å². The summed E-state index contributed by atoms with van der Waals surface area (Å²) in [7, 11) is -3.41. The minimum Gasteiger partial charge on any atom is -0.383 e. The van der Waals surface area contributed by atoms with E-state index in [1.807, 2.05) is 47.2 Å². The zero-order chi connectivity index (χ0) is 20.4. The van der Waals surface area contributed by atoms with Gasteiger partial charge < -0.3 is 16.0 Å². The average molecular weight is 407 g/mol. The van der Waals surface area contributed by atoms with E-state index in [1.54, 1.807) is 18.2 Å². The van der Waals surface area contributed by atoms with Crippen molar-refractivity contribution >= 4 is 26.7 Å². The van der Waals surface area contributed by atoms with Crippen LogP contribution in [0.4, 0.5) is 5.82 Å². The van der Waals surface area contributed by atoms with Gasteiger partial charge in [-0.05, 0) is 36.7 Å². The third kappa shape index (κ3) is 3.59. The Morgan fingerprint density at radius 1 is 1.00 bits per heavy atom. The Labute approximate surface area is 168 Å². The highest BCUT2D eigenvalue weighted by molar-refractivity contribution is 7.91. The number of nitrogen functional groups attached to an aromatic ring is 1. The lowest BCUT2D eigenvalue weighted by atomic mass is 10.1. The minimum atomic E-state index is -3.41. The van der Waals surface area contributed by atoms with Crippen LogP contribution in [-0.2, 0) is 9.84 Å². The van der Waals surface area contributed by atoms with E-state index in [1.165, 1.54) is 6.33 Å². The van der Waals surface area contributed by atoms with Crippen LogP contribution in [0.3, 0.4) is 0 Å². The van der Waals surface area contributed by atoms with Gasteiger partial charge in [0.25, 0.3) is 0 Å². The predicted molar refractivity (Wildman–Crippen MR) is 114 cm³/mol. The number of hydrogen-bond acceptors (Lipinski definition) is 6. The summed E-state index contributed by atoms with van der Waals surface area (Å²) in [5, 5.41) is 0.732. The van der Waals surface area contributed by atoms with Crippen LogP contribution in [0.1, 0.15) is 6.42 Å². The lowest BCUT2D eigenvalue weighted by molar-refractivity contribution is 0.593. The van der Waals surface area contributed by atoms with Crippen molar-refractivity contribution in [2.75, 3.05) is 18.0 Å². The lowest BCUT2D eigenvalue weighted by Crippen LogP contribution is -2.11. The maximum atomic E-state index is 12.6. The third-order valence-corrected chi connectivity index (χ3v) is 6.57. The first-order chi connectivity index (χ1) is 14.0. The zero-order valence-electron chi connectivity index (χ0n) is 15.7. The zero-order valence-corrected chi connectivity index (χ0v) is 16.5. The predicted octanol–water partition coefficient (Wildman–Crippen LogP) is 2.79. The SMILES string of the molecule is NCCCS(=O)(=O)c1cccc(-n2cc(-c3ccccc3)c3c(N)ncnc32)c1. The fraction of sp³-hybridized carbons (Fsp3) is 0.143. The number of rotatable bonds is 6. The molecule has 0 bridgehead atoms. The van der Waals surface area contributed by atoms with Gasteiger partial charge in [-0.25, -0.2) is 18.4 Å². The van der Waals surface area contributed by atoms with E-state index in [4.69, 9.17) is 11.5 Å². The molecule has 7 nitrogen and oxygen atoms in total. The second-order valence-corrected chi connectivity index (χ2v) is 8.80. The summed E-state index contributed by atoms with van der Waals surface area (Å²) in [4.78, 5) is 8.81. The van der Waals surface area contributed by atoms with Gasteiger partial charge in [-0.3, -0.25) is 0 Å². The quantitative estimate of drug-likeness (QED) is 0.508. The fourth-order valence-electron chi connectivity index (χ4n) is 3.34. The summed E-state index contributed by atoms with van der Waals surface area (Å²) >= 11 is 0. The Morgan fingerprint density at radius 3 is 2.55 bits per heavy atom. The van der Waals surface area contributed by atoms with Gasteiger partial charge in [0.05, 0.1) is 16.0 Å². The van der Waals surface area contributed by atoms with Gasteiger partial charge in [0.1, 0.15) is 12.1 Å². The van der Waals surface area contributed by atoms with Crippen molar-refractivity contribution in [2.24, 2.45) is 5.73 Å². The monoisotopic (exact) mass is 407 g/mol. The second-order valence-electron chi connectivity index (χ2n) is 6.69. The van der Waals surface area contributed by atoms with Crippen LogP contribution >= 0.6 is 0 Å². The number of aromatic nitrogens is 3. The normalized spacial score (nSPS) is 11.8. The van der Waals surface area contributed by atoms with Gasteiger partial charge in [0, 0.05) is 17.4 Å². The number of anilines is 1. The van der Waals surface area contributed by atoms with E-state index in [2.05, 4.69) is 9.97 Å². The first kappa shape index (κ1) is 19.1. The van der Waals surface area contributed by atoms with Crippen LogP contribution in [-0.4, -0.2) is 35.3 Å². The number of fused-ring (bicyclic) bond motifs is 1. The Hall–Kier alpha value is -3.23. The van der Waals surface area contributed by atoms with E-state index < -0.39 is 9.84 Å². The highest BCUT2D eigenvalue weighted by Gasteiger charge is 2.18. The van der Waals surface area contributed by atoms with Crippen molar-refractivity contribution in [3.8, 4) is 16.8 Å². The molecule has 0 aliphatic rings. The molecule has 0 fully saturated rings. The van der Waals surface area contributed by atoms with Crippen LogP contribution in [0.2, 0.25) is 0 Å². The van der Waals surface area contributed by atoms with Gasteiger partial charge in [0.2, 0.25) is 0 Å². The smallest absolute Gasteiger partial charge is 0.178 e. The maximum absolute atomic E-state index is 12.6. The molecule has 0 aliphatic heterocycles. The van der Waals surface area contributed by atoms with Gasteiger partial charge in [0.15, 0.2) is 15.5 Å². The molecule has 0 radical (unpaired) electrons. The number of nitrogens with zero attached hydrogens (tertiary/aromatic N) is 3.